The molecule has 0 bridgehead atoms. The van der Waals surface area contributed by atoms with Crippen LogP contribution in [0.2, 0.25) is 0 Å². The minimum atomic E-state index is -0.0635. The van der Waals surface area contributed by atoms with E-state index in [1.807, 2.05) is 6.33 Å². The summed E-state index contributed by atoms with van der Waals surface area (Å²) in [7, 11) is 0. The third kappa shape index (κ3) is 3.60. The van der Waals surface area contributed by atoms with Gasteiger partial charge in [0.25, 0.3) is 0 Å². The van der Waals surface area contributed by atoms with Gasteiger partial charge in [-0.15, -0.1) is 11.3 Å². The van der Waals surface area contributed by atoms with Crippen LogP contribution in [0.5, 0.6) is 5.75 Å². The molecule has 1 N–H and O–H groups in total. The van der Waals surface area contributed by atoms with Gasteiger partial charge in [0.05, 0.1) is 17.5 Å². The number of hydrogen-bond acceptors (Lipinski definition) is 5. The van der Waals surface area contributed by atoms with E-state index in [1.54, 1.807) is 11.3 Å². The molecule has 158 valence electrons. The number of ether oxygens (including phenoxy) is 1. The number of fused-ring (bicyclic) bond motifs is 1. The fourth-order valence-corrected chi connectivity index (χ4v) is 5.02. The molecule has 1 unspecified atom stereocenters. The molecule has 6 nitrogen and oxygen atoms in total. The lowest BCUT2D eigenvalue weighted by molar-refractivity contribution is -0.119. The van der Waals surface area contributed by atoms with Gasteiger partial charge in [-0.3, -0.25) is 4.79 Å². The monoisotopic (exact) mass is 424 g/mol. The SMILES string of the molecule is CC(Oc1cc(-c2nc(C(C)(C)C)cs2)cc2ncn(C3CC3)c12)[C@H]1CNC(=O)C1. The van der Waals surface area contributed by atoms with Crippen LogP contribution in [0.15, 0.2) is 23.8 Å². The topological polar surface area (TPSA) is 69.0 Å². The largest absolute Gasteiger partial charge is 0.488 e. The zero-order chi connectivity index (χ0) is 21.0. The average molecular weight is 425 g/mol. The maximum atomic E-state index is 11.7. The summed E-state index contributed by atoms with van der Waals surface area (Å²) < 4.78 is 8.75. The molecule has 0 radical (unpaired) electrons. The number of nitrogens with one attached hydrogen (secondary N) is 1. The predicted octanol–water partition coefficient (Wildman–Crippen LogP) is 4.70. The predicted molar refractivity (Wildman–Crippen MR) is 119 cm³/mol. The average Bonchev–Trinajstić information content (AvgIpc) is 3.10. The molecule has 1 aliphatic carbocycles. The number of rotatable bonds is 5. The number of carbonyl (C=O) groups excluding carboxylic acids is 1. The Bertz CT molecular complexity index is 1110. The smallest absolute Gasteiger partial charge is 0.220 e. The first-order valence-corrected chi connectivity index (χ1v) is 11.6. The molecule has 3 aromatic rings. The molecule has 7 heteroatoms. The minimum absolute atomic E-state index is 0.0161. The van der Waals surface area contributed by atoms with Gasteiger partial charge in [0.15, 0.2) is 0 Å². The van der Waals surface area contributed by atoms with Crippen molar-refractivity contribution in [3.63, 3.8) is 0 Å². The summed E-state index contributed by atoms with van der Waals surface area (Å²) in [5.74, 6) is 1.13. The van der Waals surface area contributed by atoms with Gasteiger partial charge in [-0.05, 0) is 31.9 Å². The van der Waals surface area contributed by atoms with E-state index in [2.05, 4.69) is 55.1 Å². The van der Waals surface area contributed by atoms with Crippen molar-refractivity contribution in [3.05, 3.63) is 29.5 Å². The van der Waals surface area contributed by atoms with E-state index in [0.29, 0.717) is 19.0 Å². The summed E-state index contributed by atoms with van der Waals surface area (Å²) in [5.41, 5.74) is 4.14. The lowest BCUT2D eigenvalue weighted by atomic mass is 9.93. The maximum absolute atomic E-state index is 11.7. The van der Waals surface area contributed by atoms with Crippen molar-refractivity contribution in [1.29, 1.82) is 0 Å². The molecule has 2 aromatic heterocycles. The number of amides is 1. The molecule has 0 spiro atoms. The molecular formula is C23H28N4O2S. The van der Waals surface area contributed by atoms with Crippen LogP contribution >= 0.6 is 11.3 Å². The molecule has 3 heterocycles. The first kappa shape index (κ1) is 19.5. The Morgan fingerprint density at radius 3 is 2.73 bits per heavy atom. The standard InChI is InChI=1S/C23H28N4O2S/c1-13(15-9-20(28)24-10-15)29-18-8-14(22-26-19(11-30-22)23(2,3)4)7-17-21(18)27(12-25-17)16-5-6-16/h7-8,11-13,15-16H,5-6,9-10H2,1-4H3,(H,24,28)/t13?,15-/m1/s1. The summed E-state index contributed by atoms with van der Waals surface area (Å²) in [6, 6.07) is 4.74. The molecule has 1 saturated carbocycles. The van der Waals surface area contributed by atoms with Gasteiger partial charge in [0, 0.05) is 41.3 Å². The highest BCUT2D eigenvalue weighted by Crippen LogP contribution is 2.42. The molecule has 1 aromatic carbocycles. The second-order valence-corrected chi connectivity index (χ2v) is 10.5. The van der Waals surface area contributed by atoms with Crippen LogP contribution < -0.4 is 10.1 Å². The van der Waals surface area contributed by atoms with Crippen LogP contribution in [0.25, 0.3) is 21.6 Å². The van der Waals surface area contributed by atoms with Crippen molar-refractivity contribution in [2.24, 2.45) is 5.92 Å². The number of benzene rings is 1. The zero-order valence-electron chi connectivity index (χ0n) is 17.9. The number of hydrogen-bond donors (Lipinski definition) is 1. The summed E-state index contributed by atoms with van der Waals surface area (Å²) in [6.45, 7) is 9.27. The Labute approximate surface area is 180 Å². The minimum Gasteiger partial charge on any atom is -0.488 e. The van der Waals surface area contributed by atoms with E-state index in [1.165, 1.54) is 12.8 Å². The second kappa shape index (κ2) is 7.08. The Kier molecular flexibility index (Phi) is 4.61. The van der Waals surface area contributed by atoms with Crippen molar-refractivity contribution >= 4 is 28.3 Å². The molecule has 1 saturated heterocycles. The Hall–Kier alpha value is -2.41. The molecule has 5 rings (SSSR count). The highest BCUT2D eigenvalue weighted by Gasteiger charge is 2.31. The number of imidazole rings is 1. The molecule has 2 aliphatic rings. The van der Waals surface area contributed by atoms with Crippen molar-refractivity contribution in [2.75, 3.05) is 6.54 Å². The van der Waals surface area contributed by atoms with E-state index in [4.69, 9.17) is 14.7 Å². The van der Waals surface area contributed by atoms with Crippen LogP contribution in [0.4, 0.5) is 0 Å². The molecular weight excluding hydrogens is 396 g/mol. The fraction of sp³-hybridized carbons (Fsp3) is 0.522. The lowest BCUT2D eigenvalue weighted by Crippen LogP contribution is -2.25. The van der Waals surface area contributed by atoms with E-state index in [0.717, 1.165) is 33.0 Å². The number of nitrogens with zero attached hydrogens (tertiary/aromatic N) is 3. The van der Waals surface area contributed by atoms with Gasteiger partial charge in [0.2, 0.25) is 5.91 Å². The van der Waals surface area contributed by atoms with Crippen LogP contribution in [0.1, 0.15) is 58.7 Å². The van der Waals surface area contributed by atoms with Crippen molar-refractivity contribution in [3.8, 4) is 16.3 Å². The van der Waals surface area contributed by atoms with Gasteiger partial charge < -0.3 is 14.6 Å². The number of thiazole rings is 1. The van der Waals surface area contributed by atoms with Gasteiger partial charge in [0.1, 0.15) is 22.4 Å². The fourth-order valence-electron chi connectivity index (χ4n) is 3.98. The number of aromatic nitrogens is 3. The Balaban J connectivity index is 1.55. The normalized spacial score (nSPS) is 20.5. The van der Waals surface area contributed by atoms with Gasteiger partial charge >= 0.3 is 0 Å². The highest BCUT2D eigenvalue weighted by molar-refractivity contribution is 7.13. The molecule has 1 aliphatic heterocycles. The van der Waals surface area contributed by atoms with E-state index in [-0.39, 0.29) is 23.3 Å². The quantitative estimate of drug-likeness (QED) is 0.645. The van der Waals surface area contributed by atoms with Crippen molar-refractivity contribution in [2.45, 2.75) is 64.5 Å². The van der Waals surface area contributed by atoms with Crippen LogP contribution in [0.3, 0.4) is 0 Å². The van der Waals surface area contributed by atoms with E-state index in [9.17, 15) is 4.79 Å². The highest BCUT2D eigenvalue weighted by atomic mass is 32.1. The van der Waals surface area contributed by atoms with Gasteiger partial charge in [-0.25, -0.2) is 9.97 Å². The maximum Gasteiger partial charge on any atom is 0.220 e. The third-order valence-corrected chi connectivity index (χ3v) is 6.97. The van der Waals surface area contributed by atoms with Crippen LogP contribution in [0, 0.1) is 5.92 Å². The lowest BCUT2D eigenvalue weighted by Gasteiger charge is -2.21. The summed E-state index contributed by atoms with van der Waals surface area (Å²) in [5, 5.41) is 6.04. The Morgan fingerprint density at radius 2 is 2.10 bits per heavy atom. The van der Waals surface area contributed by atoms with Gasteiger partial charge in [-0.1, -0.05) is 20.8 Å². The summed E-state index contributed by atoms with van der Waals surface area (Å²) in [4.78, 5) is 21.3. The summed E-state index contributed by atoms with van der Waals surface area (Å²) >= 11 is 1.66. The van der Waals surface area contributed by atoms with Crippen LogP contribution in [-0.2, 0) is 10.2 Å². The second-order valence-electron chi connectivity index (χ2n) is 9.60. The number of carbonyl (C=O) groups is 1. The molecule has 2 atom stereocenters. The molecule has 2 fully saturated rings. The first-order valence-electron chi connectivity index (χ1n) is 10.7. The van der Waals surface area contributed by atoms with E-state index < -0.39 is 0 Å². The van der Waals surface area contributed by atoms with Crippen LogP contribution in [-0.4, -0.2) is 33.1 Å². The molecule has 30 heavy (non-hydrogen) atoms. The summed E-state index contributed by atoms with van der Waals surface area (Å²) in [6.07, 6.45) is 4.77. The first-order chi connectivity index (χ1) is 14.3. The van der Waals surface area contributed by atoms with Crippen molar-refractivity contribution < 1.29 is 9.53 Å². The van der Waals surface area contributed by atoms with Gasteiger partial charge in [-0.2, -0.15) is 0 Å². The zero-order valence-corrected chi connectivity index (χ0v) is 18.8. The Morgan fingerprint density at radius 1 is 1.30 bits per heavy atom. The van der Waals surface area contributed by atoms with E-state index >= 15 is 0 Å². The third-order valence-electron chi connectivity index (χ3n) is 6.08. The molecule has 1 amide bonds. The van der Waals surface area contributed by atoms with Crippen molar-refractivity contribution in [1.82, 2.24) is 19.9 Å².